The van der Waals surface area contributed by atoms with Crippen LogP contribution in [0.4, 0.5) is 0 Å². The molecule has 0 bridgehead atoms. The molecule has 0 heterocycles. The van der Waals surface area contributed by atoms with E-state index in [1.807, 2.05) is 0 Å². The van der Waals surface area contributed by atoms with E-state index >= 15 is 0 Å². The molecule has 0 atom stereocenters. The fourth-order valence-corrected chi connectivity index (χ4v) is 7.21. The van der Waals surface area contributed by atoms with Crippen LogP contribution in [0.2, 0.25) is 0 Å². The third-order valence-electron chi connectivity index (χ3n) is 9.28. The lowest BCUT2D eigenvalue weighted by atomic mass is 9.78. The monoisotopic (exact) mass is 399 g/mol. The Hall–Kier alpha value is -0.300. The van der Waals surface area contributed by atoms with Crippen LogP contribution >= 0.6 is 0 Å². The van der Waals surface area contributed by atoms with E-state index < -0.39 is 0 Å². The van der Waals surface area contributed by atoms with Gasteiger partial charge < -0.3 is 0 Å². The molecule has 4 aliphatic rings. The summed E-state index contributed by atoms with van der Waals surface area (Å²) in [4.78, 5) is 3.14. The van der Waals surface area contributed by atoms with Gasteiger partial charge in [0, 0.05) is 18.1 Å². The van der Waals surface area contributed by atoms with Crippen LogP contribution in [0.15, 0.2) is 12.2 Å². The Morgan fingerprint density at radius 1 is 0.448 bits per heavy atom. The average Bonchev–Trinajstić information content (AvgIpc) is 2.77. The molecule has 0 aliphatic heterocycles. The lowest BCUT2D eigenvalue weighted by molar-refractivity contribution is 0.00813. The van der Waals surface area contributed by atoms with Crippen molar-refractivity contribution in [3.63, 3.8) is 0 Å². The molecule has 1 heteroatoms. The van der Waals surface area contributed by atoms with Crippen molar-refractivity contribution in [1.82, 2.24) is 4.90 Å². The third-order valence-corrected chi connectivity index (χ3v) is 9.28. The van der Waals surface area contributed by atoms with E-state index in [-0.39, 0.29) is 0 Å². The highest BCUT2D eigenvalue weighted by molar-refractivity contribution is 4.98. The molecule has 4 aliphatic carbocycles. The summed E-state index contributed by atoms with van der Waals surface area (Å²) < 4.78 is 0. The van der Waals surface area contributed by atoms with Gasteiger partial charge in [0.25, 0.3) is 0 Å². The van der Waals surface area contributed by atoms with E-state index in [9.17, 15) is 0 Å². The molecule has 1 nitrogen and oxygen atoms in total. The van der Waals surface area contributed by atoms with Gasteiger partial charge in [-0.15, -0.1) is 0 Å². The van der Waals surface area contributed by atoms with Gasteiger partial charge in [-0.3, -0.25) is 4.90 Å². The quantitative estimate of drug-likeness (QED) is 0.422. The Bertz CT molecular complexity index is 458. The molecule has 4 fully saturated rings. The smallest absolute Gasteiger partial charge is 0.0102 e. The molecular formula is C28H49N. The molecule has 0 radical (unpaired) electrons. The molecular weight excluding hydrogens is 350 g/mol. The Balaban J connectivity index is 1.33. The molecule has 0 amide bonds. The molecule has 29 heavy (non-hydrogen) atoms. The maximum atomic E-state index is 3.14. The second-order valence-corrected chi connectivity index (χ2v) is 11.6. The van der Waals surface area contributed by atoms with Crippen molar-refractivity contribution in [2.75, 3.05) is 0 Å². The molecule has 0 spiro atoms. The van der Waals surface area contributed by atoms with Crippen molar-refractivity contribution in [3.8, 4) is 0 Å². The number of rotatable bonds is 5. The molecule has 166 valence electrons. The zero-order valence-corrected chi connectivity index (χ0v) is 19.7. The lowest BCUT2D eigenvalue weighted by Gasteiger charge is -2.49. The Kier molecular flexibility index (Phi) is 8.18. The summed E-state index contributed by atoms with van der Waals surface area (Å²) in [5, 5.41) is 0. The van der Waals surface area contributed by atoms with Gasteiger partial charge in [0.2, 0.25) is 0 Å². The molecule has 0 saturated heterocycles. The van der Waals surface area contributed by atoms with Crippen molar-refractivity contribution >= 4 is 0 Å². The summed E-state index contributed by atoms with van der Waals surface area (Å²) in [7, 11) is 0. The Morgan fingerprint density at radius 3 is 1.28 bits per heavy atom. The summed E-state index contributed by atoms with van der Waals surface area (Å²) >= 11 is 0. The topological polar surface area (TPSA) is 3.24 Å². The van der Waals surface area contributed by atoms with Gasteiger partial charge in [0.15, 0.2) is 0 Å². The predicted octanol–water partition coefficient (Wildman–Crippen LogP) is 8.14. The number of hydrogen-bond donors (Lipinski definition) is 0. The zero-order chi connectivity index (χ0) is 20.1. The van der Waals surface area contributed by atoms with Crippen LogP contribution in [0.3, 0.4) is 0 Å². The highest BCUT2D eigenvalue weighted by atomic mass is 15.2. The second-order valence-electron chi connectivity index (χ2n) is 11.6. The van der Waals surface area contributed by atoms with Crippen molar-refractivity contribution in [2.45, 2.75) is 141 Å². The second kappa shape index (κ2) is 10.8. The van der Waals surface area contributed by atoms with Gasteiger partial charge in [-0.05, 0) is 114 Å². The van der Waals surface area contributed by atoms with Crippen LogP contribution in [-0.4, -0.2) is 23.0 Å². The Labute approximate surface area is 182 Å². The highest BCUT2D eigenvalue weighted by Gasteiger charge is 2.37. The molecule has 0 N–H and O–H groups in total. The summed E-state index contributed by atoms with van der Waals surface area (Å²) in [6.45, 7) is 4.96. The van der Waals surface area contributed by atoms with Crippen LogP contribution in [0.25, 0.3) is 0 Å². The minimum Gasteiger partial charge on any atom is -0.294 e. The first-order chi connectivity index (χ1) is 14.2. The molecule has 0 unspecified atom stereocenters. The molecule has 0 aromatic heterocycles. The van der Waals surface area contributed by atoms with E-state index in [4.69, 9.17) is 0 Å². The van der Waals surface area contributed by atoms with E-state index in [0.717, 1.165) is 41.8 Å². The van der Waals surface area contributed by atoms with Crippen molar-refractivity contribution < 1.29 is 0 Å². The van der Waals surface area contributed by atoms with Crippen LogP contribution in [0.5, 0.6) is 0 Å². The average molecular weight is 400 g/mol. The molecule has 4 saturated carbocycles. The minimum absolute atomic E-state index is 0.882. The summed E-state index contributed by atoms with van der Waals surface area (Å²) in [5.41, 5.74) is 0. The largest absolute Gasteiger partial charge is 0.294 e. The van der Waals surface area contributed by atoms with E-state index in [1.54, 1.807) is 0 Å². The summed E-state index contributed by atoms with van der Waals surface area (Å²) in [6, 6.07) is 2.71. The predicted molar refractivity (Wildman–Crippen MR) is 126 cm³/mol. The molecule has 0 aromatic rings. The van der Waals surface area contributed by atoms with Crippen molar-refractivity contribution in [1.29, 1.82) is 0 Å². The summed E-state index contributed by atoms with van der Waals surface area (Å²) in [5.74, 6) is 3.74. The summed E-state index contributed by atoms with van der Waals surface area (Å²) in [6.07, 6.45) is 30.3. The number of nitrogens with zero attached hydrogens (tertiary/aromatic N) is 1. The van der Waals surface area contributed by atoms with E-state index in [1.165, 1.54) is 109 Å². The fourth-order valence-electron chi connectivity index (χ4n) is 7.21. The maximum Gasteiger partial charge on any atom is 0.0102 e. The van der Waals surface area contributed by atoms with E-state index in [0.29, 0.717) is 0 Å². The minimum atomic E-state index is 0.882. The van der Waals surface area contributed by atoms with Gasteiger partial charge >= 0.3 is 0 Å². The van der Waals surface area contributed by atoms with Gasteiger partial charge in [-0.1, -0.05) is 45.3 Å². The van der Waals surface area contributed by atoms with Gasteiger partial charge in [0.1, 0.15) is 0 Å². The van der Waals surface area contributed by atoms with Gasteiger partial charge in [0.05, 0.1) is 0 Å². The maximum absolute atomic E-state index is 3.14. The first-order valence-electron chi connectivity index (χ1n) is 13.6. The Morgan fingerprint density at radius 2 is 0.828 bits per heavy atom. The molecule has 4 rings (SSSR count). The fraction of sp³-hybridized carbons (Fsp3) is 0.929. The van der Waals surface area contributed by atoms with Gasteiger partial charge in [-0.25, -0.2) is 0 Å². The van der Waals surface area contributed by atoms with E-state index in [2.05, 4.69) is 30.9 Å². The molecule has 0 aromatic carbocycles. The van der Waals surface area contributed by atoms with Crippen LogP contribution in [0, 0.1) is 23.7 Å². The van der Waals surface area contributed by atoms with Crippen molar-refractivity contribution in [2.24, 2.45) is 23.7 Å². The van der Waals surface area contributed by atoms with Crippen LogP contribution < -0.4 is 0 Å². The third kappa shape index (κ3) is 6.11. The number of hydrogen-bond acceptors (Lipinski definition) is 1. The van der Waals surface area contributed by atoms with Crippen molar-refractivity contribution in [3.05, 3.63) is 12.2 Å². The van der Waals surface area contributed by atoms with Gasteiger partial charge in [-0.2, -0.15) is 0 Å². The standard InChI is InChI=1S/C28H49N/c1-22-8-16-26(17-9-22)29(27-18-10-23(2)11-19-27)28-20-14-25(15-21-28)13-12-24-6-4-3-5-7-24/h12-13,22-28H,3-11,14-21H2,1-2H3/b13-12+. The number of allylic oxidation sites excluding steroid dienone is 2. The normalized spacial score (nSPS) is 40.5. The zero-order valence-electron chi connectivity index (χ0n) is 19.7. The van der Waals surface area contributed by atoms with Crippen LogP contribution in [0.1, 0.15) is 123 Å². The van der Waals surface area contributed by atoms with Crippen LogP contribution in [-0.2, 0) is 0 Å². The first-order valence-corrected chi connectivity index (χ1v) is 13.6. The first kappa shape index (κ1) is 21.9. The lowest BCUT2D eigenvalue weighted by Crippen LogP contribution is -2.52. The highest BCUT2D eigenvalue weighted by Crippen LogP contribution is 2.39. The SMILES string of the molecule is CC1CCC(N(C2CCC(C)CC2)C2CCC(/C=C/C3CCCCC3)CC2)CC1.